The van der Waals surface area contributed by atoms with E-state index in [0.29, 0.717) is 17.5 Å². The first kappa shape index (κ1) is 13.2. The van der Waals surface area contributed by atoms with Gasteiger partial charge in [-0.1, -0.05) is 0 Å². The maximum Gasteiger partial charge on any atom is 0.416 e. The van der Waals surface area contributed by atoms with Gasteiger partial charge in [0.15, 0.2) is 0 Å². The normalized spacial score (nSPS) is 27.9. The summed E-state index contributed by atoms with van der Waals surface area (Å²) in [6.07, 6.45) is -4.36. The van der Waals surface area contributed by atoms with Gasteiger partial charge in [-0.3, -0.25) is 0 Å². The zero-order chi connectivity index (χ0) is 14.3. The minimum absolute atomic E-state index is 0.186. The van der Waals surface area contributed by atoms with E-state index in [1.807, 2.05) is 0 Å². The van der Waals surface area contributed by atoms with Gasteiger partial charge in [0.05, 0.1) is 5.56 Å². The highest BCUT2D eigenvalue weighted by Crippen LogP contribution is 2.41. The number of rotatable bonds is 2. The number of carbonyl (C=O) groups is 1. The quantitative estimate of drug-likeness (QED) is 0.779. The fourth-order valence-electron chi connectivity index (χ4n) is 2.69. The lowest BCUT2D eigenvalue weighted by Crippen LogP contribution is -2.35. The van der Waals surface area contributed by atoms with Crippen LogP contribution in [-0.2, 0) is 6.18 Å². The van der Waals surface area contributed by atoms with Crippen LogP contribution in [0.1, 0.15) is 5.56 Å². The Balaban J connectivity index is 1.54. The number of fused-ring (bicyclic) bond motifs is 1. The molecule has 2 aliphatic rings. The molecule has 1 aliphatic heterocycles. The highest BCUT2D eigenvalue weighted by molar-refractivity contribution is 5.89. The lowest BCUT2D eigenvalue weighted by Gasteiger charge is -2.11. The highest BCUT2D eigenvalue weighted by Gasteiger charge is 2.53. The molecule has 1 heterocycles. The number of anilines is 1. The van der Waals surface area contributed by atoms with Gasteiger partial charge in [-0.25, -0.2) is 4.79 Å². The summed E-state index contributed by atoms with van der Waals surface area (Å²) in [5.41, 5.74) is -0.384. The molecule has 2 atom stereocenters. The third-order valence-electron chi connectivity index (χ3n) is 3.86. The van der Waals surface area contributed by atoms with Crippen molar-refractivity contribution in [2.75, 3.05) is 18.4 Å². The van der Waals surface area contributed by atoms with E-state index in [1.54, 1.807) is 0 Å². The summed E-state index contributed by atoms with van der Waals surface area (Å²) in [6, 6.07) is 4.21. The topological polar surface area (TPSA) is 53.2 Å². The van der Waals surface area contributed by atoms with E-state index in [1.165, 1.54) is 12.1 Å². The van der Waals surface area contributed by atoms with Crippen LogP contribution < -0.4 is 16.0 Å². The first-order chi connectivity index (χ1) is 9.45. The SMILES string of the molecule is O=C(Nc1ccc(C(F)(F)F)cc1)NC1C2CNCC21. The fraction of sp³-hybridized carbons (Fsp3) is 0.462. The van der Waals surface area contributed by atoms with E-state index < -0.39 is 11.7 Å². The first-order valence-corrected chi connectivity index (χ1v) is 6.40. The second-order valence-electron chi connectivity index (χ2n) is 5.19. The molecule has 1 saturated heterocycles. The number of piperidine rings is 1. The van der Waals surface area contributed by atoms with Crippen molar-refractivity contribution in [2.45, 2.75) is 12.2 Å². The van der Waals surface area contributed by atoms with Crippen LogP contribution in [0.3, 0.4) is 0 Å². The summed E-state index contributed by atoms with van der Waals surface area (Å²) >= 11 is 0. The summed E-state index contributed by atoms with van der Waals surface area (Å²) < 4.78 is 37.2. The Labute approximate surface area is 113 Å². The number of halogens is 3. The first-order valence-electron chi connectivity index (χ1n) is 6.40. The van der Waals surface area contributed by atoms with Crippen LogP contribution in [0.5, 0.6) is 0 Å². The summed E-state index contributed by atoms with van der Waals surface area (Å²) in [7, 11) is 0. The number of nitrogens with one attached hydrogen (secondary N) is 3. The van der Waals surface area contributed by atoms with Crippen LogP contribution in [0.25, 0.3) is 0 Å². The minimum atomic E-state index is -4.36. The van der Waals surface area contributed by atoms with Crippen LogP contribution in [0.15, 0.2) is 24.3 Å². The van der Waals surface area contributed by atoms with Gasteiger partial charge in [-0.15, -0.1) is 0 Å². The average molecular weight is 285 g/mol. The van der Waals surface area contributed by atoms with E-state index >= 15 is 0 Å². The molecular formula is C13H14F3N3O. The van der Waals surface area contributed by atoms with Gasteiger partial charge in [-0.2, -0.15) is 13.2 Å². The Morgan fingerprint density at radius 2 is 1.75 bits per heavy atom. The Kier molecular flexibility index (Phi) is 3.08. The van der Waals surface area contributed by atoms with Crippen molar-refractivity contribution >= 4 is 11.7 Å². The third kappa shape index (κ3) is 2.58. The van der Waals surface area contributed by atoms with Gasteiger partial charge < -0.3 is 16.0 Å². The molecule has 0 bridgehead atoms. The number of carbonyl (C=O) groups excluding carboxylic acids is 1. The minimum Gasteiger partial charge on any atom is -0.334 e. The zero-order valence-corrected chi connectivity index (χ0v) is 10.5. The lowest BCUT2D eigenvalue weighted by atomic mass is 10.2. The van der Waals surface area contributed by atoms with Crippen molar-refractivity contribution in [3.05, 3.63) is 29.8 Å². The standard InChI is InChI=1S/C13H14F3N3O/c14-13(15,16)7-1-3-8(4-2-7)18-12(20)19-11-9-5-17-6-10(9)11/h1-4,9-11,17H,5-6H2,(H2,18,19,20). The number of alkyl halides is 3. The monoisotopic (exact) mass is 285 g/mol. The van der Waals surface area contributed by atoms with Gasteiger partial charge in [0.25, 0.3) is 0 Å². The van der Waals surface area contributed by atoms with Gasteiger partial charge in [0, 0.05) is 24.8 Å². The Bertz CT molecular complexity index is 505. The van der Waals surface area contributed by atoms with Crippen LogP contribution in [0, 0.1) is 11.8 Å². The molecule has 3 rings (SSSR count). The second-order valence-corrected chi connectivity index (χ2v) is 5.19. The molecule has 2 amide bonds. The molecule has 1 aliphatic carbocycles. The van der Waals surface area contributed by atoms with E-state index in [9.17, 15) is 18.0 Å². The maximum absolute atomic E-state index is 12.4. The molecular weight excluding hydrogens is 271 g/mol. The predicted octanol–water partition coefficient (Wildman–Crippen LogP) is 2.04. The molecule has 1 aromatic carbocycles. The molecule has 108 valence electrons. The zero-order valence-electron chi connectivity index (χ0n) is 10.5. The number of amides is 2. The van der Waals surface area contributed by atoms with E-state index in [-0.39, 0.29) is 12.1 Å². The molecule has 4 nitrogen and oxygen atoms in total. The van der Waals surface area contributed by atoms with Gasteiger partial charge >= 0.3 is 12.2 Å². The van der Waals surface area contributed by atoms with Gasteiger partial charge in [-0.05, 0) is 36.1 Å². The molecule has 2 fully saturated rings. The fourth-order valence-corrected chi connectivity index (χ4v) is 2.69. The summed E-state index contributed by atoms with van der Waals surface area (Å²) in [5.74, 6) is 0.988. The summed E-state index contributed by atoms with van der Waals surface area (Å²) in [5, 5.41) is 8.60. The van der Waals surface area contributed by atoms with Gasteiger partial charge in [0.1, 0.15) is 0 Å². The van der Waals surface area contributed by atoms with Crippen molar-refractivity contribution in [3.63, 3.8) is 0 Å². The van der Waals surface area contributed by atoms with Crippen LogP contribution in [0.4, 0.5) is 23.7 Å². The Hall–Kier alpha value is -1.76. The van der Waals surface area contributed by atoms with Crippen LogP contribution in [-0.4, -0.2) is 25.2 Å². The van der Waals surface area contributed by atoms with E-state index in [0.717, 1.165) is 25.2 Å². The molecule has 0 radical (unpaired) electrons. The van der Waals surface area contributed by atoms with E-state index in [2.05, 4.69) is 16.0 Å². The van der Waals surface area contributed by atoms with Gasteiger partial charge in [0.2, 0.25) is 0 Å². The number of hydrogen-bond donors (Lipinski definition) is 3. The lowest BCUT2D eigenvalue weighted by molar-refractivity contribution is -0.137. The molecule has 0 spiro atoms. The molecule has 0 aromatic heterocycles. The molecule has 3 N–H and O–H groups in total. The second kappa shape index (κ2) is 4.66. The third-order valence-corrected chi connectivity index (χ3v) is 3.86. The smallest absolute Gasteiger partial charge is 0.334 e. The summed E-state index contributed by atoms with van der Waals surface area (Å²) in [6.45, 7) is 1.83. The van der Waals surface area contributed by atoms with Crippen molar-refractivity contribution in [2.24, 2.45) is 11.8 Å². The number of urea groups is 1. The molecule has 2 unspecified atom stereocenters. The average Bonchev–Trinajstić information content (AvgIpc) is 2.83. The Morgan fingerprint density at radius 1 is 1.15 bits per heavy atom. The largest absolute Gasteiger partial charge is 0.416 e. The van der Waals surface area contributed by atoms with Crippen molar-refractivity contribution < 1.29 is 18.0 Å². The highest BCUT2D eigenvalue weighted by atomic mass is 19.4. The van der Waals surface area contributed by atoms with Crippen molar-refractivity contribution in [1.29, 1.82) is 0 Å². The molecule has 20 heavy (non-hydrogen) atoms. The number of hydrogen-bond acceptors (Lipinski definition) is 2. The van der Waals surface area contributed by atoms with Crippen molar-refractivity contribution in [3.8, 4) is 0 Å². The molecule has 7 heteroatoms. The predicted molar refractivity (Wildman–Crippen MR) is 67.2 cm³/mol. The maximum atomic E-state index is 12.4. The molecule has 1 aromatic rings. The van der Waals surface area contributed by atoms with Crippen LogP contribution in [0.2, 0.25) is 0 Å². The van der Waals surface area contributed by atoms with E-state index in [4.69, 9.17) is 0 Å². The van der Waals surface area contributed by atoms with Crippen molar-refractivity contribution in [1.82, 2.24) is 10.6 Å². The Morgan fingerprint density at radius 3 is 2.30 bits per heavy atom. The molecule has 1 saturated carbocycles. The van der Waals surface area contributed by atoms with Crippen LogP contribution >= 0.6 is 0 Å². The number of benzene rings is 1. The summed E-state index contributed by atoms with van der Waals surface area (Å²) in [4.78, 5) is 11.7.